The van der Waals surface area contributed by atoms with Crippen LogP contribution in [0.2, 0.25) is 0 Å². The lowest BCUT2D eigenvalue weighted by Gasteiger charge is -2.08. The van der Waals surface area contributed by atoms with Gasteiger partial charge in [0.2, 0.25) is 0 Å². The Balaban J connectivity index is 2.69. The largest absolute Gasteiger partial charge is 0.507 e. The highest BCUT2D eigenvalue weighted by molar-refractivity contribution is 7.86. The molecule has 2 aromatic rings. The van der Waals surface area contributed by atoms with Crippen LogP contribution < -0.4 is 9.81 Å². The Morgan fingerprint density at radius 3 is 2.60 bits per heavy atom. The number of hydrogen-bond acceptors (Lipinski definition) is 6. The molecule has 0 unspecified atom stereocenters. The molecular formula is C13H14O6S. The van der Waals surface area contributed by atoms with Crippen LogP contribution in [0, 0.1) is 0 Å². The van der Waals surface area contributed by atoms with Gasteiger partial charge in [-0.05, 0) is 12.0 Å². The molecule has 7 heteroatoms. The highest BCUT2D eigenvalue weighted by Gasteiger charge is 2.14. The van der Waals surface area contributed by atoms with Crippen LogP contribution in [0.25, 0.3) is 11.0 Å². The van der Waals surface area contributed by atoms with Crippen LogP contribution in [0.5, 0.6) is 11.5 Å². The number of phenolic OH excluding ortho intramolecular Hbond substituents is 1. The molecule has 1 aromatic carbocycles. The van der Waals surface area contributed by atoms with E-state index < -0.39 is 15.7 Å². The molecule has 0 saturated carbocycles. The second-order valence-corrected chi connectivity index (χ2v) is 6.02. The van der Waals surface area contributed by atoms with E-state index in [1.54, 1.807) is 0 Å². The molecule has 0 aliphatic carbocycles. The maximum absolute atomic E-state index is 11.5. The van der Waals surface area contributed by atoms with Crippen LogP contribution in [0.1, 0.15) is 18.9 Å². The molecule has 0 aliphatic rings. The minimum atomic E-state index is -3.72. The van der Waals surface area contributed by atoms with E-state index >= 15 is 0 Å². The lowest BCUT2D eigenvalue weighted by molar-refractivity contribution is 0.466. The average molecular weight is 298 g/mol. The van der Waals surface area contributed by atoms with E-state index in [2.05, 4.69) is 4.18 Å². The quantitative estimate of drug-likeness (QED) is 0.683. The van der Waals surface area contributed by atoms with Crippen LogP contribution in [-0.2, 0) is 16.5 Å². The first-order valence-corrected chi connectivity index (χ1v) is 7.81. The molecule has 1 N–H and O–H groups in total. The molecule has 6 nitrogen and oxygen atoms in total. The van der Waals surface area contributed by atoms with E-state index in [0.29, 0.717) is 17.4 Å². The Morgan fingerprint density at radius 1 is 1.30 bits per heavy atom. The van der Waals surface area contributed by atoms with E-state index in [1.807, 2.05) is 6.92 Å². The lowest BCUT2D eigenvalue weighted by atomic mass is 10.0. The Morgan fingerprint density at radius 2 is 2.00 bits per heavy atom. The molecule has 1 heterocycles. The van der Waals surface area contributed by atoms with E-state index in [1.165, 1.54) is 18.2 Å². The van der Waals surface area contributed by atoms with Crippen molar-refractivity contribution in [2.75, 3.05) is 6.26 Å². The van der Waals surface area contributed by atoms with Crippen LogP contribution in [0.15, 0.2) is 27.4 Å². The number of benzene rings is 1. The van der Waals surface area contributed by atoms with E-state index in [0.717, 1.165) is 12.7 Å². The van der Waals surface area contributed by atoms with Crippen LogP contribution in [0.4, 0.5) is 0 Å². The van der Waals surface area contributed by atoms with Gasteiger partial charge in [-0.1, -0.05) is 13.3 Å². The zero-order valence-electron chi connectivity index (χ0n) is 11.0. The Labute approximate surface area is 115 Å². The third-order valence-corrected chi connectivity index (χ3v) is 3.14. The molecular weight excluding hydrogens is 284 g/mol. The van der Waals surface area contributed by atoms with Gasteiger partial charge in [0.15, 0.2) is 0 Å². The smallest absolute Gasteiger partial charge is 0.336 e. The Hall–Kier alpha value is -2.02. The molecule has 20 heavy (non-hydrogen) atoms. The SMILES string of the molecule is CCCc1cc(=O)oc2cc(OS(C)(=O)=O)cc(O)c12. The molecule has 2 rings (SSSR count). The zero-order valence-corrected chi connectivity index (χ0v) is 11.9. The second kappa shape index (κ2) is 5.16. The third-order valence-electron chi connectivity index (χ3n) is 2.65. The molecule has 108 valence electrons. The summed E-state index contributed by atoms with van der Waals surface area (Å²) in [7, 11) is -3.72. The summed E-state index contributed by atoms with van der Waals surface area (Å²) in [5.74, 6) is -0.289. The summed E-state index contributed by atoms with van der Waals surface area (Å²) < 4.78 is 31.9. The number of fused-ring (bicyclic) bond motifs is 1. The van der Waals surface area contributed by atoms with Crippen molar-refractivity contribution in [2.24, 2.45) is 0 Å². The summed E-state index contributed by atoms with van der Waals surface area (Å²) in [6, 6.07) is 3.78. The highest BCUT2D eigenvalue weighted by atomic mass is 32.2. The molecule has 1 aromatic heterocycles. The monoisotopic (exact) mass is 298 g/mol. The van der Waals surface area contributed by atoms with Gasteiger partial charge >= 0.3 is 15.7 Å². The Kier molecular flexibility index (Phi) is 3.71. The summed E-state index contributed by atoms with van der Waals surface area (Å²) in [6.45, 7) is 1.94. The minimum Gasteiger partial charge on any atom is -0.507 e. The number of hydrogen-bond donors (Lipinski definition) is 1. The second-order valence-electron chi connectivity index (χ2n) is 4.44. The van der Waals surface area contributed by atoms with Gasteiger partial charge in [0.1, 0.15) is 17.1 Å². The van der Waals surface area contributed by atoms with Gasteiger partial charge in [-0.25, -0.2) is 4.79 Å². The van der Waals surface area contributed by atoms with Gasteiger partial charge in [0.05, 0.1) is 11.6 Å². The van der Waals surface area contributed by atoms with Crippen LogP contribution >= 0.6 is 0 Å². The number of aromatic hydroxyl groups is 1. The summed E-state index contributed by atoms with van der Waals surface area (Å²) in [5, 5.41) is 10.4. The molecule has 0 spiro atoms. The summed E-state index contributed by atoms with van der Waals surface area (Å²) in [5.41, 5.74) is 0.193. The van der Waals surface area contributed by atoms with Gasteiger partial charge in [-0.2, -0.15) is 8.42 Å². The van der Waals surface area contributed by atoms with E-state index in [-0.39, 0.29) is 17.1 Å². The van der Waals surface area contributed by atoms with Gasteiger partial charge in [-0.15, -0.1) is 0 Å². The fourth-order valence-electron chi connectivity index (χ4n) is 2.02. The molecule has 0 radical (unpaired) electrons. The van der Waals surface area contributed by atoms with E-state index in [4.69, 9.17) is 4.42 Å². The minimum absolute atomic E-state index is 0.0969. The van der Waals surface area contributed by atoms with Gasteiger partial charge in [-0.3, -0.25) is 0 Å². The molecule has 0 fully saturated rings. The summed E-state index contributed by atoms with van der Waals surface area (Å²) >= 11 is 0. The van der Waals surface area contributed by atoms with Gasteiger partial charge < -0.3 is 13.7 Å². The fraction of sp³-hybridized carbons (Fsp3) is 0.308. The first-order valence-electron chi connectivity index (χ1n) is 5.99. The summed E-state index contributed by atoms with van der Waals surface area (Å²) in [4.78, 5) is 11.5. The Bertz CT molecular complexity index is 803. The molecule has 0 saturated heterocycles. The fourth-order valence-corrected chi connectivity index (χ4v) is 2.47. The molecule has 0 atom stereocenters. The number of rotatable bonds is 4. The molecule has 0 bridgehead atoms. The van der Waals surface area contributed by atoms with Crippen molar-refractivity contribution < 1.29 is 22.1 Å². The maximum Gasteiger partial charge on any atom is 0.336 e. The first-order chi connectivity index (χ1) is 9.30. The van der Waals surface area contributed by atoms with Crippen LogP contribution in [-0.4, -0.2) is 19.8 Å². The van der Waals surface area contributed by atoms with Crippen molar-refractivity contribution in [3.63, 3.8) is 0 Å². The number of phenols is 1. The molecule has 0 amide bonds. The van der Waals surface area contributed by atoms with Crippen LogP contribution in [0.3, 0.4) is 0 Å². The van der Waals surface area contributed by atoms with Crippen molar-refractivity contribution in [3.8, 4) is 11.5 Å². The van der Waals surface area contributed by atoms with Gasteiger partial charge in [0.25, 0.3) is 0 Å². The van der Waals surface area contributed by atoms with Crippen molar-refractivity contribution in [2.45, 2.75) is 19.8 Å². The third kappa shape index (κ3) is 3.11. The lowest BCUT2D eigenvalue weighted by Crippen LogP contribution is -2.06. The maximum atomic E-state index is 11.5. The first kappa shape index (κ1) is 14.4. The van der Waals surface area contributed by atoms with Crippen molar-refractivity contribution in [3.05, 3.63) is 34.2 Å². The standard InChI is InChI=1S/C13H14O6S/c1-3-4-8-5-12(15)18-11-7-9(19-20(2,16)17)6-10(14)13(8)11/h5-7,14H,3-4H2,1-2H3. The summed E-state index contributed by atoms with van der Waals surface area (Å²) in [6.07, 6.45) is 2.28. The normalized spacial score (nSPS) is 11.7. The van der Waals surface area contributed by atoms with Crippen molar-refractivity contribution >= 4 is 21.1 Å². The van der Waals surface area contributed by atoms with E-state index in [9.17, 15) is 18.3 Å². The van der Waals surface area contributed by atoms with Crippen molar-refractivity contribution in [1.29, 1.82) is 0 Å². The molecule has 0 aliphatic heterocycles. The van der Waals surface area contributed by atoms with Gasteiger partial charge in [0, 0.05) is 18.2 Å². The number of aryl methyl sites for hydroxylation is 1. The zero-order chi connectivity index (χ0) is 14.9. The topological polar surface area (TPSA) is 93.8 Å². The van der Waals surface area contributed by atoms with Crippen molar-refractivity contribution in [1.82, 2.24) is 0 Å². The highest BCUT2D eigenvalue weighted by Crippen LogP contribution is 2.33. The predicted octanol–water partition coefficient (Wildman–Crippen LogP) is 1.79. The predicted molar refractivity (Wildman–Crippen MR) is 73.6 cm³/mol. The average Bonchev–Trinajstić information content (AvgIpc) is 2.25.